The molecule has 2 rings (SSSR count). The van der Waals surface area contributed by atoms with Gasteiger partial charge >= 0.3 is 0 Å². The van der Waals surface area contributed by atoms with E-state index in [-0.39, 0.29) is 11.9 Å². The molecule has 0 aliphatic carbocycles. The number of aromatic nitrogens is 2. The van der Waals surface area contributed by atoms with Crippen LogP contribution in [0.5, 0.6) is 11.8 Å². The summed E-state index contributed by atoms with van der Waals surface area (Å²) in [6.45, 7) is 0.585. The number of nitrogens with one attached hydrogen (secondary N) is 2. The number of ether oxygens (including phenoxy) is 2. The maximum Gasteiger partial charge on any atom is 0.229 e. The Kier molecular flexibility index (Phi) is 3.81. The Bertz CT molecular complexity index is 416. The van der Waals surface area contributed by atoms with Gasteiger partial charge in [-0.1, -0.05) is 0 Å². The number of nitrogens with zero attached hydrogens (tertiary/aromatic N) is 2. The molecule has 1 aliphatic rings. The van der Waals surface area contributed by atoms with Gasteiger partial charge < -0.3 is 20.1 Å². The molecular weight excluding hydrogens is 236 g/mol. The first kappa shape index (κ1) is 12.4. The van der Waals surface area contributed by atoms with Crippen molar-refractivity contribution in [3.05, 3.63) is 6.07 Å². The molecule has 1 aliphatic heterocycles. The van der Waals surface area contributed by atoms with Crippen LogP contribution in [-0.4, -0.2) is 42.7 Å². The van der Waals surface area contributed by atoms with Gasteiger partial charge in [-0.25, -0.2) is 0 Å². The van der Waals surface area contributed by atoms with Crippen molar-refractivity contribution in [2.75, 3.05) is 26.1 Å². The molecule has 1 fully saturated rings. The standard InChI is InChI=1S/C11H16N4O3/c1-17-9-5-10(18-2)15-11(14-9)12-6-7-3-4-8(16)13-7/h5,7H,3-4,6H2,1-2H3,(H,13,16)(H,12,14,15). The minimum Gasteiger partial charge on any atom is -0.481 e. The molecule has 7 heteroatoms. The summed E-state index contributed by atoms with van der Waals surface area (Å²) in [6.07, 6.45) is 1.40. The largest absolute Gasteiger partial charge is 0.481 e. The van der Waals surface area contributed by atoms with Crippen LogP contribution >= 0.6 is 0 Å². The van der Waals surface area contributed by atoms with E-state index in [1.165, 1.54) is 14.2 Å². The molecule has 0 aromatic carbocycles. The fourth-order valence-electron chi connectivity index (χ4n) is 1.74. The number of anilines is 1. The van der Waals surface area contributed by atoms with Gasteiger partial charge in [0.15, 0.2) is 0 Å². The fraction of sp³-hybridized carbons (Fsp3) is 0.545. The molecule has 0 radical (unpaired) electrons. The van der Waals surface area contributed by atoms with Crippen LogP contribution in [0.3, 0.4) is 0 Å². The average Bonchev–Trinajstić information content (AvgIpc) is 2.81. The third kappa shape index (κ3) is 2.99. The number of rotatable bonds is 5. The summed E-state index contributed by atoms with van der Waals surface area (Å²) in [4.78, 5) is 19.3. The Hall–Kier alpha value is -2.05. The summed E-state index contributed by atoms with van der Waals surface area (Å²) >= 11 is 0. The Morgan fingerprint density at radius 3 is 2.56 bits per heavy atom. The van der Waals surface area contributed by atoms with E-state index < -0.39 is 0 Å². The molecule has 0 spiro atoms. The maximum atomic E-state index is 11.1. The fourth-order valence-corrected chi connectivity index (χ4v) is 1.74. The lowest BCUT2D eigenvalue weighted by Crippen LogP contribution is -2.32. The zero-order valence-corrected chi connectivity index (χ0v) is 10.4. The normalized spacial score (nSPS) is 18.3. The second kappa shape index (κ2) is 5.52. The average molecular weight is 252 g/mol. The molecule has 1 saturated heterocycles. The summed E-state index contributed by atoms with van der Waals surface area (Å²) in [5.41, 5.74) is 0. The van der Waals surface area contributed by atoms with E-state index in [2.05, 4.69) is 20.6 Å². The van der Waals surface area contributed by atoms with Crippen molar-refractivity contribution in [3.8, 4) is 11.8 Å². The van der Waals surface area contributed by atoms with Crippen molar-refractivity contribution < 1.29 is 14.3 Å². The molecule has 0 bridgehead atoms. The van der Waals surface area contributed by atoms with E-state index in [4.69, 9.17) is 9.47 Å². The number of amides is 1. The predicted octanol–water partition coefficient (Wildman–Crippen LogP) is 0.184. The Morgan fingerprint density at radius 1 is 1.39 bits per heavy atom. The SMILES string of the molecule is COc1cc(OC)nc(NCC2CCC(=O)N2)n1. The molecular formula is C11H16N4O3. The third-order valence-electron chi connectivity index (χ3n) is 2.69. The lowest BCUT2D eigenvalue weighted by Gasteiger charge is -2.12. The van der Waals surface area contributed by atoms with Crippen molar-refractivity contribution in [3.63, 3.8) is 0 Å². The summed E-state index contributed by atoms with van der Waals surface area (Å²) in [6, 6.07) is 1.72. The van der Waals surface area contributed by atoms with Crippen LogP contribution in [-0.2, 0) is 4.79 Å². The maximum absolute atomic E-state index is 11.1. The number of hydrogen-bond donors (Lipinski definition) is 2. The number of carbonyl (C=O) groups is 1. The van der Waals surface area contributed by atoms with Gasteiger partial charge in [0, 0.05) is 19.0 Å². The minimum atomic E-state index is 0.0888. The zero-order chi connectivity index (χ0) is 13.0. The third-order valence-corrected chi connectivity index (χ3v) is 2.69. The lowest BCUT2D eigenvalue weighted by molar-refractivity contribution is -0.119. The van der Waals surface area contributed by atoms with Gasteiger partial charge in [-0.3, -0.25) is 4.79 Å². The van der Waals surface area contributed by atoms with Crippen molar-refractivity contribution in [1.82, 2.24) is 15.3 Å². The molecule has 1 amide bonds. The molecule has 98 valence electrons. The highest BCUT2D eigenvalue weighted by atomic mass is 16.5. The Morgan fingerprint density at radius 2 is 2.06 bits per heavy atom. The molecule has 1 atom stereocenters. The lowest BCUT2D eigenvalue weighted by atomic mass is 10.2. The Balaban J connectivity index is 1.97. The van der Waals surface area contributed by atoms with Gasteiger partial charge in [0.25, 0.3) is 0 Å². The minimum absolute atomic E-state index is 0.0888. The first-order chi connectivity index (χ1) is 8.71. The van der Waals surface area contributed by atoms with Crippen LogP contribution in [0.4, 0.5) is 5.95 Å². The number of carbonyl (C=O) groups excluding carboxylic acids is 1. The zero-order valence-electron chi connectivity index (χ0n) is 10.4. The number of hydrogen-bond acceptors (Lipinski definition) is 6. The van der Waals surface area contributed by atoms with E-state index in [0.29, 0.717) is 30.7 Å². The molecule has 2 N–H and O–H groups in total. The van der Waals surface area contributed by atoms with E-state index >= 15 is 0 Å². The predicted molar refractivity (Wildman–Crippen MR) is 64.8 cm³/mol. The highest BCUT2D eigenvalue weighted by Crippen LogP contribution is 2.17. The summed E-state index contributed by atoms with van der Waals surface area (Å²) in [5.74, 6) is 1.37. The molecule has 18 heavy (non-hydrogen) atoms. The van der Waals surface area contributed by atoms with Crippen molar-refractivity contribution in [2.45, 2.75) is 18.9 Å². The van der Waals surface area contributed by atoms with Gasteiger partial charge in [0.1, 0.15) is 0 Å². The van der Waals surface area contributed by atoms with E-state index in [0.717, 1.165) is 6.42 Å². The molecule has 1 aromatic heterocycles. The summed E-state index contributed by atoms with van der Waals surface area (Å²) < 4.78 is 10.1. The van der Waals surface area contributed by atoms with Crippen LogP contribution in [0.1, 0.15) is 12.8 Å². The molecule has 1 unspecified atom stereocenters. The van der Waals surface area contributed by atoms with Gasteiger partial charge in [0.2, 0.25) is 23.6 Å². The smallest absolute Gasteiger partial charge is 0.229 e. The van der Waals surface area contributed by atoms with Crippen LogP contribution in [0.15, 0.2) is 6.07 Å². The second-order valence-electron chi connectivity index (χ2n) is 3.96. The van der Waals surface area contributed by atoms with Crippen molar-refractivity contribution in [2.24, 2.45) is 0 Å². The Labute approximate surface area is 105 Å². The van der Waals surface area contributed by atoms with Gasteiger partial charge in [-0.15, -0.1) is 0 Å². The topological polar surface area (TPSA) is 85.4 Å². The summed E-state index contributed by atoms with van der Waals surface area (Å²) in [5, 5.41) is 5.92. The van der Waals surface area contributed by atoms with Crippen LogP contribution < -0.4 is 20.1 Å². The highest BCUT2D eigenvalue weighted by molar-refractivity contribution is 5.78. The molecule has 7 nitrogen and oxygen atoms in total. The van der Waals surface area contributed by atoms with Crippen molar-refractivity contribution in [1.29, 1.82) is 0 Å². The first-order valence-electron chi connectivity index (χ1n) is 5.71. The summed E-state index contributed by atoms with van der Waals surface area (Å²) in [7, 11) is 3.06. The van der Waals surface area contributed by atoms with Gasteiger partial charge in [0.05, 0.1) is 20.3 Å². The molecule has 0 saturated carbocycles. The van der Waals surface area contributed by atoms with Gasteiger partial charge in [-0.2, -0.15) is 9.97 Å². The van der Waals surface area contributed by atoms with Crippen molar-refractivity contribution >= 4 is 11.9 Å². The number of methoxy groups -OCH3 is 2. The monoisotopic (exact) mass is 252 g/mol. The van der Waals surface area contributed by atoms with E-state index in [9.17, 15) is 4.79 Å². The van der Waals surface area contributed by atoms with Gasteiger partial charge in [-0.05, 0) is 6.42 Å². The highest BCUT2D eigenvalue weighted by Gasteiger charge is 2.20. The molecule has 1 aromatic rings. The second-order valence-corrected chi connectivity index (χ2v) is 3.96. The van der Waals surface area contributed by atoms with Crippen LogP contribution in [0.2, 0.25) is 0 Å². The molecule has 2 heterocycles. The van der Waals surface area contributed by atoms with Crippen LogP contribution in [0.25, 0.3) is 0 Å². The van der Waals surface area contributed by atoms with E-state index in [1.54, 1.807) is 6.07 Å². The first-order valence-corrected chi connectivity index (χ1v) is 5.71. The quantitative estimate of drug-likeness (QED) is 0.777. The van der Waals surface area contributed by atoms with E-state index in [1.807, 2.05) is 0 Å². The van der Waals surface area contributed by atoms with Crippen LogP contribution in [0, 0.1) is 0 Å².